The predicted molar refractivity (Wildman–Crippen MR) is 33.9 cm³/mol. The van der Waals surface area contributed by atoms with Crippen molar-refractivity contribution in [2.45, 2.75) is 13.8 Å². The van der Waals surface area contributed by atoms with Gasteiger partial charge in [-0.25, -0.2) is 0 Å². The van der Waals surface area contributed by atoms with Crippen LogP contribution >= 0.6 is 18.5 Å². The van der Waals surface area contributed by atoms with Gasteiger partial charge in [0.1, 0.15) is 0 Å². The summed E-state index contributed by atoms with van der Waals surface area (Å²) in [4.78, 5) is 0. The summed E-state index contributed by atoms with van der Waals surface area (Å²) in [6, 6.07) is 0. The van der Waals surface area contributed by atoms with Gasteiger partial charge in [-0.15, -0.1) is 0 Å². The minimum absolute atomic E-state index is 0.104. The second kappa shape index (κ2) is 3.89. The van der Waals surface area contributed by atoms with Crippen LogP contribution in [0.15, 0.2) is 0 Å². The zero-order chi connectivity index (χ0) is 4.99. The van der Waals surface area contributed by atoms with E-state index in [0.717, 1.165) is 12.3 Å². The van der Waals surface area contributed by atoms with Crippen molar-refractivity contribution in [1.29, 1.82) is 0 Å². The van der Waals surface area contributed by atoms with Crippen LogP contribution in [0.4, 0.5) is 0 Å². The Kier molecular flexibility index (Phi) is 4.36. The molecule has 0 N–H and O–H groups in total. The third-order valence-corrected chi connectivity index (χ3v) is 3.49. The van der Waals surface area contributed by atoms with Gasteiger partial charge in [0.15, 0.2) is 0 Å². The maximum atomic E-state index is 5.71. The molecule has 0 aliphatic carbocycles. The Bertz CT molecular complexity index is 26.7. The fourth-order valence-electron chi connectivity index (χ4n) is 0.224. The van der Waals surface area contributed by atoms with Gasteiger partial charge in [0.25, 0.3) is 0 Å². The minimum Gasteiger partial charge on any atom is -0.0965 e. The molecule has 0 heterocycles. The molecule has 38 valence electrons. The smallest absolute Gasteiger partial charge is 0.0103 e. The highest BCUT2D eigenvalue weighted by molar-refractivity contribution is 7.83. The molecular formula is C4H10ClP. The Morgan fingerprint density at radius 2 is 1.67 bits per heavy atom. The van der Waals surface area contributed by atoms with E-state index in [1.165, 1.54) is 0 Å². The first kappa shape index (κ1) is 6.72. The summed E-state index contributed by atoms with van der Waals surface area (Å²) >= 11 is 5.71. The van der Waals surface area contributed by atoms with E-state index in [4.69, 9.17) is 11.2 Å². The van der Waals surface area contributed by atoms with Gasteiger partial charge < -0.3 is 0 Å². The van der Waals surface area contributed by atoms with Crippen LogP contribution in [0, 0.1) is 0 Å². The summed E-state index contributed by atoms with van der Waals surface area (Å²) in [7, 11) is -0.104. The minimum atomic E-state index is -0.104. The third-order valence-electron chi connectivity index (χ3n) is 0.686. The van der Waals surface area contributed by atoms with Crippen LogP contribution < -0.4 is 0 Å². The maximum absolute atomic E-state index is 5.71. The third kappa shape index (κ3) is 2.93. The molecule has 0 spiro atoms. The van der Waals surface area contributed by atoms with Crippen molar-refractivity contribution >= 4 is 18.5 Å². The highest BCUT2D eigenvalue weighted by Crippen LogP contribution is 2.39. The summed E-state index contributed by atoms with van der Waals surface area (Å²) < 4.78 is 0. The van der Waals surface area contributed by atoms with Crippen molar-refractivity contribution in [3.63, 3.8) is 0 Å². The predicted octanol–water partition coefficient (Wildman–Crippen LogP) is 2.66. The van der Waals surface area contributed by atoms with E-state index in [0.29, 0.717) is 0 Å². The van der Waals surface area contributed by atoms with Crippen molar-refractivity contribution in [2.24, 2.45) is 0 Å². The van der Waals surface area contributed by atoms with Crippen LogP contribution in [0.25, 0.3) is 0 Å². The summed E-state index contributed by atoms with van der Waals surface area (Å²) in [6.07, 6.45) is 2.32. The molecule has 0 aromatic heterocycles. The molecule has 0 saturated heterocycles. The van der Waals surface area contributed by atoms with E-state index in [9.17, 15) is 0 Å². The summed E-state index contributed by atoms with van der Waals surface area (Å²) in [5, 5.41) is 0. The number of rotatable bonds is 2. The fourth-order valence-corrected chi connectivity index (χ4v) is 0.671. The normalized spacial score (nSPS) is 10.0. The first-order valence-corrected chi connectivity index (χ1v) is 4.83. The highest BCUT2D eigenvalue weighted by Gasteiger charge is 1.91. The maximum Gasteiger partial charge on any atom is -0.0103 e. The van der Waals surface area contributed by atoms with Gasteiger partial charge in [0, 0.05) is 0 Å². The second-order valence-electron chi connectivity index (χ2n) is 1.10. The van der Waals surface area contributed by atoms with Gasteiger partial charge in [-0.1, -0.05) is 25.1 Å². The molecule has 0 unspecified atom stereocenters. The lowest BCUT2D eigenvalue weighted by Gasteiger charge is -1.96. The molecule has 0 aliphatic heterocycles. The molecule has 0 radical (unpaired) electrons. The molecular weight excluding hydrogens is 114 g/mol. The molecule has 0 rings (SSSR count). The van der Waals surface area contributed by atoms with Crippen molar-refractivity contribution in [3.8, 4) is 0 Å². The fraction of sp³-hybridized carbons (Fsp3) is 1.00. The van der Waals surface area contributed by atoms with Crippen LogP contribution in [0.3, 0.4) is 0 Å². The van der Waals surface area contributed by atoms with Crippen LogP contribution in [0.2, 0.25) is 0 Å². The zero-order valence-corrected chi connectivity index (χ0v) is 5.89. The Balaban J connectivity index is 2.75. The van der Waals surface area contributed by atoms with Crippen LogP contribution in [-0.4, -0.2) is 12.3 Å². The Labute approximate surface area is 45.4 Å². The number of hydrogen-bond donors (Lipinski definition) is 0. The molecule has 0 aromatic carbocycles. The van der Waals surface area contributed by atoms with E-state index in [2.05, 4.69) is 13.8 Å². The second-order valence-corrected chi connectivity index (χ2v) is 4.72. The van der Waals surface area contributed by atoms with Gasteiger partial charge in [-0.05, 0) is 19.6 Å². The van der Waals surface area contributed by atoms with Crippen molar-refractivity contribution in [2.75, 3.05) is 12.3 Å². The van der Waals surface area contributed by atoms with Gasteiger partial charge in [0.2, 0.25) is 0 Å². The highest BCUT2D eigenvalue weighted by atomic mass is 35.7. The van der Waals surface area contributed by atoms with E-state index in [-0.39, 0.29) is 7.27 Å². The molecule has 0 bridgehead atoms. The van der Waals surface area contributed by atoms with Gasteiger partial charge in [-0.2, -0.15) is 0 Å². The van der Waals surface area contributed by atoms with Crippen LogP contribution in [0.1, 0.15) is 13.8 Å². The first-order valence-electron chi connectivity index (χ1n) is 2.22. The molecule has 0 saturated carbocycles. The lowest BCUT2D eigenvalue weighted by molar-refractivity contribution is 1.44. The molecule has 0 atom stereocenters. The molecule has 6 heavy (non-hydrogen) atoms. The topological polar surface area (TPSA) is 0 Å². The Morgan fingerprint density at radius 3 is 1.67 bits per heavy atom. The standard InChI is InChI=1S/C4H10ClP/c1-3-6(5)4-2/h3-4H2,1-2H3. The van der Waals surface area contributed by atoms with Crippen molar-refractivity contribution in [3.05, 3.63) is 0 Å². The van der Waals surface area contributed by atoms with E-state index in [1.54, 1.807) is 0 Å². The molecule has 0 aromatic rings. The van der Waals surface area contributed by atoms with Crippen molar-refractivity contribution < 1.29 is 0 Å². The molecule has 0 aliphatic rings. The molecule has 0 fully saturated rings. The SMILES string of the molecule is CCP(Cl)CC. The molecule has 2 heteroatoms. The van der Waals surface area contributed by atoms with Crippen molar-refractivity contribution in [1.82, 2.24) is 0 Å². The number of halogens is 1. The molecule has 0 amide bonds. The average molecular weight is 125 g/mol. The van der Waals surface area contributed by atoms with Crippen LogP contribution in [0.5, 0.6) is 0 Å². The summed E-state index contributed by atoms with van der Waals surface area (Å²) in [5.41, 5.74) is 0. The lowest BCUT2D eigenvalue weighted by Crippen LogP contribution is -1.69. The summed E-state index contributed by atoms with van der Waals surface area (Å²) in [5.74, 6) is 0. The van der Waals surface area contributed by atoms with Gasteiger partial charge in [-0.3, -0.25) is 0 Å². The van der Waals surface area contributed by atoms with Crippen LogP contribution in [-0.2, 0) is 0 Å². The number of hydrogen-bond acceptors (Lipinski definition) is 0. The average Bonchev–Trinajstić information content (AvgIpc) is 1.65. The Morgan fingerprint density at radius 1 is 1.33 bits per heavy atom. The zero-order valence-electron chi connectivity index (χ0n) is 4.24. The van der Waals surface area contributed by atoms with E-state index < -0.39 is 0 Å². The lowest BCUT2D eigenvalue weighted by atomic mass is 11.0. The first-order chi connectivity index (χ1) is 2.81. The largest absolute Gasteiger partial charge is 0.0965 e. The Hall–Kier alpha value is 0.720. The van der Waals surface area contributed by atoms with E-state index >= 15 is 0 Å². The summed E-state index contributed by atoms with van der Waals surface area (Å²) in [6.45, 7) is 4.25. The van der Waals surface area contributed by atoms with Gasteiger partial charge >= 0.3 is 0 Å². The molecule has 0 nitrogen and oxygen atoms in total. The van der Waals surface area contributed by atoms with E-state index in [1.807, 2.05) is 0 Å². The quantitative estimate of drug-likeness (QED) is 0.497. The monoisotopic (exact) mass is 124 g/mol. The van der Waals surface area contributed by atoms with Gasteiger partial charge in [0.05, 0.1) is 0 Å².